The van der Waals surface area contributed by atoms with Crippen molar-refractivity contribution < 1.29 is 0 Å². The minimum absolute atomic E-state index is 0.711. The van der Waals surface area contributed by atoms with Gasteiger partial charge >= 0.3 is 0 Å². The molecule has 2 aromatic heterocycles. The van der Waals surface area contributed by atoms with Crippen LogP contribution in [0.4, 0.5) is 0 Å². The molecular weight excluding hydrogens is 637 g/mol. The Bertz CT molecular complexity index is 2910. The van der Waals surface area contributed by atoms with Crippen molar-refractivity contribution in [3.8, 4) is 56.2 Å². The van der Waals surface area contributed by atoms with Gasteiger partial charge in [-0.15, -0.1) is 11.3 Å². The first-order chi connectivity index (χ1) is 25.3. The van der Waals surface area contributed by atoms with Crippen molar-refractivity contribution in [2.75, 3.05) is 0 Å². The lowest BCUT2D eigenvalue weighted by atomic mass is 9.92. The van der Waals surface area contributed by atoms with Gasteiger partial charge in [-0.2, -0.15) is 0 Å². The molecule has 0 N–H and O–H groups in total. The van der Waals surface area contributed by atoms with Crippen molar-refractivity contribution in [2.24, 2.45) is 0 Å². The van der Waals surface area contributed by atoms with Gasteiger partial charge in [0.2, 0.25) is 0 Å². The molecule has 2 heterocycles. The van der Waals surface area contributed by atoms with E-state index in [1.165, 1.54) is 64.0 Å². The van der Waals surface area contributed by atoms with Crippen molar-refractivity contribution in [1.82, 2.24) is 9.97 Å². The third kappa shape index (κ3) is 5.01. The normalized spacial score (nSPS) is 11.5. The van der Waals surface area contributed by atoms with Gasteiger partial charge in [0, 0.05) is 42.4 Å². The van der Waals surface area contributed by atoms with Crippen molar-refractivity contribution in [1.29, 1.82) is 0 Å². The fraction of sp³-hybridized carbons (Fsp3) is 0. The zero-order valence-electron chi connectivity index (χ0n) is 27.6. The van der Waals surface area contributed by atoms with Crippen LogP contribution in [0.25, 0.3) is 97.9 Å². The van der Waals surface area contributed by atoms with Gasteiger partial charge in [-0.1, -0.05) is 170 Å². The summed E-state index contributed by atoms with van der Waals surface area (Å²) >= 11 is 1.87. The minimum Gasteiger partial charge on any atom is -0.228 e. The molecule has 8 aromatic carbocycles. The van der Waals surface area contributed by atoms with E-state index in [4.69, 9.17) is 9.97 Å². The molecule has 10 rings (SSSR count). The highest BCUT2D eigenvalue weighted by Gasteiger charge is 2.18. The van der Waals surface area contributed by atoms with Crippen LogP contribution >= 0.6 is 11.3 Å². The number of benzene rings is 8. The van der Waals surface area contributed by atoms with Gasteiger partial charge in [-0.05, 0) is 50.4 Å². The van der Waals surface area contributed by atoms with Gasteiger partial charge in [0.1, 0.15) is 0 Å². The number of rotatable bonds is 5. The third-order valence-electron chi connectivity index (χ3n) is 9.94. The van der Waals surface area contributed by atoms with Crippen molar-refractivity contribution in [3.63, 3.8) is 0 Å². The molecule has 238 valence electrons. The van der Waals surface area contributed by atoms with Gasteiger partial charge in [0.05, 0.1) is 11.4 Å². The summed E-state index contributed by atoms with van der Waals surface area (Å²) in [5, 5.41) is 7.36. The molecule has 0 aliphatic heterocycles. The zero-order valence-corrected chi connectivity index (χ0v) is 28.4. The Morgan fingerprint density at radius 1 is 0.314 bits per heavy atom. The van der Waals surface area contributed by atoms with Crippen molar-refractivity contribution >= 4 is 53.1 Å². The summed E-state index contributed by atoms with van der Waals surface area (Å²) in [6, 6.07) is 64.9. The fourth-order valence-corrected chi connectivity index (χ4v) is 8.79. The lowest BCUT2D eigenvalue weighted by Gasteiger charge is -2.15. The Labute approximate surface area is 300 Å². The average Bonchev–Trinajstić information content (AvgIpc) is 3.60. The highest BCUT2D eigenvalue weighted by molar-refractivity contribution is 7.26. The summed E-state index contributed by atoms with van der Waals surface area (Å²) in [4.78, 5) is 10.5. The minimum atomic E-state index is 0.711. The molecule has 10 aromatic rings. The van der Waals surface area contributed by atoms with E-state index in [1.807, 2.05) is 29.5 Å². The predicted octanol–water partition coefficient (Wildman–Crippen LogP) is 13.5. The van der Waals surface area contributed by atoms with Crippen LogP contribution in [0.15, 0.2) is 182 Å². The van der Waals surface area contributed by atoms with E-state index in [1.54, 1.807) is 0 Å². The summed E-state index contributed by atoms with van der Waals surface area (Å²) < 4.78 is 2.63. The van der Waals surface area contributed by atoms with E-state index in [0.29, 0.717) is 5.82 Å². The number of nitrogens with zero attached hydrogens (tertiary/aromatic N) is 2. The Morgan fingerprint density at radius 2 is 0.784 bits per heavy atom. The molecule has 0 atom stereocenters. The second kappa shape index (κ2) is 12.2. The van der Waals surface area contributed by atoms with Crippen LogP contribution in [0.1, 0.15) is 0 Å². The highest BCUT2D eigenvalue weighted by atomic mass is 32.1. The van der Waals surface area contributed by atoms with Gasteiger partial charge in [0.25, 0.3) is 0 Å². The number of fused-ring (bicyclic) bond motifs is 5. The number of hydrogen-bond donors (Lipinski definition) is 0. The van der Waals surface area contributed by atoms with E-state index in [-0.39, 0.29) is 0 Å². The van der Waals surface area contributed by atoms with Crippen molar-refractivity contribution in [3.05, 3.63) is 182 Å². The molecule has 0 saturated carbocycles. The molecule has 0 radical (unpaired) electrons. The molecule has 0 unspecified atom stereocenters. The van der Waals surface area contributed by atoms with Gasteiger partial charge in [-0.3, -0.25) is 0 Å². The first-order valence-electron chi connectivity index (χ1n) is 17.2. The van der Waals surface area contributed by atoms with Gasteiger partial charge < -0.3 is 0 Å². The molecule has 0 bridgehead atoms. The van der Waals surface area contributed by atoms with Crippen molar-refractivity contribution in [2.45, 2.75) is 0 Å². The van der Waals surface area contributed by atoms with E-state index < -0.39 is 0 Å². The summed E-state index contributed by atoms with van der Waals surface area (Å²) in [7, 11) is 0. The molecule has 3 heteroatoms. The van der Waals surface area contributed by atoms with Crippen LogP contribution in [0.5, 0.6) is 0 Å². The lowest BCUT2D eigenvalue weighted by molar-refractivity contribution is 1.19. The van der Waals surface area contributed by atoms with Crippen LogP contribution in [0.2, 0.25) is 0 Å². The number of thiophene rings is 1. The van der Waals surface area contributed by atoms with Crippen LogP contribution in [-0.4, -0.2) is 9.97 Å². The quantitative estimate of drug-likeness (QED) is 0.183. The molecule has 0 spiro atoms. The van der Waals surface area contributed by atoms with Gasteiger partial charge in [0.15, 0.2) is 5.82 Å². The fourth-order valence-electron chi connectivity index (χ4n) is 7.56. The number of hydrogen-bond acceptors (Lipinski definition) is 3. The summed E-state index contributed by atoms with van der Waals surface area (Å²) in [6.07, 6.45) is 0. The maximum Gasteiger partial charge on any atom is 0.160 e. The summed E-state index contributed by atoms with van der Waals surface area (Å²) in [5.41, 5.74) is 9.86. The molecular formula is C48H30N2S. The smallest absolute Gasteiger partial charge is 0.160 e. The highest BCUT2D eigenvalue weighted by Crippen LogP contribution is 2.44. The molecule has 0 saturated heterocycles. The van der Waals surface area contributed by atoms with Gasteiger partial charge in [-0.25, -0.2) is 9.97 Å². The average molecular weight is 667 g/mol. The summed E-state index contributed by atoms with van der Waals surface area (Å²) in [5.74, 6) is 0.711. The topological polar surface area (TPSA) is 25.8 Å². The SMILES string of the molecule is c1ccc(-c2nc(-c3cccc4c(-c5ccccc5)cccc34)cc(-c3ccc(-c4cccc5c4sc4ccccc45)c4ccccc34)n2)cc1. The Morgan fingerprint density at radius 3 is 1.49 bits per heavy atom. The molecule has 0 amide bonds. The lowest BCUT2D eigenvalue weighted by Crippen LogP contribution is -1.97. The molecule has 2 nitrogen and oxygen atoms in total. The molecule has 0 aliphatic carbocycles. The maximum absolute atomic E-state index is 5.27. The summed E-state index contributed by atoms with van der Waals surface area (Å²) in [6.45, 7) is 0. The Hall–Kier alpha value is -6.42. The van der Waals surface area contributed by atoms with Crippen LogP contribution in [-0.2, 0) is 0 Å². The first kappa shape index (κ1) is 29.5. The standard InChI is InChI=1S/C48H30N2S/c1-3-14-31(15-4-1)33-21-11-23-37-34(33)22-12-24-39(37)44-30-45(50-48(49-44)32-16-5-2-6-17-32)40-29-28-38(35-18-7-8-19-36(35)40)42-25-13-26-43-41-20-9-10-27-46(41)51-47(42)43/h1-30H. The first-order valence-corrected chi connectivity index (χ1v) is 18.1. The second-order valence-electron chi connectivity index (χ2n) is 12.9. The second-order valence-corrected chi connectivity index (χ2v) is 13.9. The van der Waals surface area contributed by atoms with Crippen LogP contribution in [0.3, 0.4) is 0 Å². The molecule has 0 aliphatic rings. The molecule has 0 fully saturated rings. The van der Waals surface area contributed by atoms with E-state index in [2.05, 4.69) is 164 Å². The largest absolute Gasteiger partial charge is 0.228 e. The van der Waals surface area contributed by atoms with E-state index in [0.717, 1.165) is 28.1 Å². The number of aromatic nitrogens is 2. The zero-order chi connectivity index (χ0) is 33.7. The van der Waals surface area contributed by atoms with Crippen LogP contribution < -0.4 is 0 Å². The maximum atomic E-state index is 5.27. The Balaban J connectivity index is 1.19. The predicted molar refractivity (Wildman–Crippen MR) is 217 cm³/mol. The molecule has 51 heavy (non-hydrogen) atoms. The van der Waals surface area contributed by atoms with E-state index in [9.17, 15) is 0 Å². The Kier molecular flexibility index (Phi) is 7.04. The third-order valence-corrected chi connectivity index (χ3v) is 11.2. The van der Waals surface area contributed by atoms with Crippen LogP contribution in [0, 0.1) is 0 Å². The van der Waals surface area contributed by atoms with E-state index >= 15 is 0 Å². The monoisotopic (exact) mass is 666 g/mol.